The molecule has 0 unspecified atom stereocenters. The monoisotopic (exact) mass is 257 g/mol. The summed E-state index contributed by atoms with van der Waals surface area (Å²) in [6, 6.07) is 5.33. The van der Waals surface area contributed by atoms with Crippen molar-refractivity contribution in [2.75, 3.05) is 18.4 Å². The van der Waals surface area contributed by atoms with Gasteiger partial charge < -0.3 is 16.4 Å². The minimum atomic E-state index is -2.60. The highest BCUT2D eigenvalue weighted by molar-refractivity contribution is 5.94. The number of amides is 2. The van der Waals surface area contributed by atoms with Gasteiger partial charge in [-0.3, -0.25) is 9.59 Å². The third-order valence-corrected chi connectivity index (χ3v) is 2.05. The van der Waals surface area contributed by atoms with E-state index in [0.29, 0.717) is 0 Å². The first-order chi connectivity index (χ1) is 8.52. The smallest absolute Gasteiger partial charge is 0.263 e. The van der Waals surface area contributed by atoms with Crippen molar-refractivity contribution in [2.45, 2.75) is 6.43 Å². The number of halogens is 2. The Morgan fingerprint density at radius 2 is 2.00 bits per heavy atom. The normalized spacial score (nSPS) is 10.2. The zero-order chi connectivity index (χ0) is 13.5. The molecule has 5 nitrogen and oxygen atoms in total. The lowest BCUT2D eigenvalue weighted by atomic mass is 10.2. The molecule has 0 atom stereocenters. The first kappa shape index (κ1) is 14.0. The summed E-state index contributed by atoms with van der Waals surface area (Å²) in [4.78, 5) is 22.2. The highest BCUT2D eigenvalue weighted by atomic mass is 19.3. The second-order valence-corrected chi connectivity index (χ2v) is 3.46. The number of carbonyl (C=O) groups excluding carboxylic acids is 2. The van der Waals surface area contributed by atoms with E-state index < -0.39 is 18.2 Å². The van der Waals surface area contributed by atoms with Crippen LogP contribution in [0.4, 0.5) is 14.5 Å². The predicted molar refractivity (Wildman–Crippen MR) is 62.1 cm³/mol. The van der Waals surface area contributed by atoms with E-state index in [1.54, 1.807) is 0 Å². The fraction of sp³-hybridized carbons (Fsp3) is 0.273. The van der Waals surface area contributed by atoms with Crippen LogP contribution in [0.1, 0.15) is 12.0 Å². The maximum Gasteiger partial charge on any atom is 0.263 e. The van der Waals surface area contributed by atoms with E-state index in [4.69, 9.17) is 5.73 Å². The van der Waals surface area contributed by atoms with Crippen molar-refractivity contribution in [1.29, 1.82) is 0 Å². The number of nitrogens with one attached hydrogen (secondary N) is 2. The van der Waals surface area contributed by atoms with E-state index in [1.807, 2.05) is 0 Å². The fourth-order valence-electron chi connectivity index (χ4n) is 1.21. The van der Waals surface area contributed by atoms with Crippen LogP contribution in [-0.4, -0.2) is 24.9 Å². The van der Waals surface area contributed by atoms with Gasteiger partial charge >= 0.3 is 0 Å². The lowest BCUT2D eigenvalue weighted by Gasteiger charge is -2.07. The highest BCUT2D eigenvalue weighted by Crippen LogP contribution is 2.21. The lowest BCUT2D eigenvalue weighted by Crippen LogP contribution is -2.36. The molecule has 0 fully saturated rings. The van der Waals surface area contributed by atoms with Crippen LogP contribution in [0.3, 0.4) is 0 Å². The Balaban J connectivity index is 2.54. The summed E-state index contributed by atoms with van der Waals surface area (Å²) in [6.07, 6.45) is -2.60. The molecule has 0 aliphatic carbocycles. The Morgan fingerprint density at radius 1 is 1.28 bits per heavy atom. The molecule has 7 heteroatoms. The van der Waals surface area contributed by atoms with Crippen molar-refractivity contribution in [3.8, 4) is 0 Å². The van der Waals surface area contributed by atoms with Crippen LogP contribution in [0.25, 0.3) is 0 Å². The van der Waals surface area contributed by atoms with Gasteiger partial charge in [0.05, 0.1) is 13.1 Å². The van der Waals surface area contributed by atoms with Gasteiger partial charge in [-0.1, -0.05) is 12.1 Å². The van der Waals surface area contributed by atoms with Crippen LogP contribution in [0.2, 0.25) is 0 Å². The summed E-state index contributed by atoms with van der Waals surface area (Å²) in [6.45, 7) is -0.469. The fourth-order valence-corrected chi connectivity index (χ4v) is 1.21. The summed E-state index contributed by atoms with van der Waals surface area (Å²) >= 11 is 0. The minimum absolute atomic E-state index is 0.182. The Hall–Kier alpha value is -2.02. The third kappa shape index (κ3) is 4.46. The minimum Gasteiger partial charge on any atom is -0.346 e. The number of alkyl halides is 2. The van der Waals surface area contributed by atoms with Crippen molar-refractivity contribution >= 4 is 17.5 Å². The molecular formula is C11H13F2N3O2. The SMILES string of the molecule is NCC(=O)NCC(=O)Nc1cccc(C(F)F)c1. The number of nitrogens with two attached hydrogens (primary N) is 1. The van der Waals surface area contributed by atoms with Crippen LogP contribution < -0.4 is 16.4 Å². The number of carbonyl (C=O) groups is 2. The average molecular weight is 257 g/mol. The van der Waals surface area contributed by atoms with E-state index in [-0.39, 0.29) is 24.3 Å². The second-order valence-electron chi connectivity index (χ2n) is 3.46. The van der Waals surface area contributed by atoms with Gasteiger partial charge in [0, 0.05) is 11.3 Å². The number of hydrogen-bond acceptors (Lipinski definition) is 3. The molecule has 0 saturated heterocycles. The third-order valence-electron chi connectivity index (χ3n) is 2.05. The van der Waals surface area contributed by atoms with E-state index in [0.717, 1.165) is 0 Å². The Morgan fingerprint density at radius 3 is 2.61 bits per heavy atom. The molecule has 0 bridgehead atoms. The van der Waals surface area contributed by atoms with E-state index in [2.05, 4.69) is 10.6 Å². The molecule has 4 N–H and O–H groups in total. The van der Waals surface area contributed by atoms with Gasteiger partial charge in [-0.15, -0.1) is 0 Å². The van der Waals surface area contributed by atoms with Gasteiger partial charge in [0.2, 0.25) is 11.8 Å². The van der Waals surface area contributed by atoms with Crippen molar-refractivity contribution in [1.82, 2.24) is 5.32 Å². The maximum absolute atomic E-state index is 12.4. The van der Waals surface area contributed by atoms with Crippen molar-refractivity contribution in [3.63, 3.8) is 0 Å². The van der Waals surface area contributed by atoms with Gasteiger partial charge in [-0.2, -0.15) is 0 Å². The molecule has 0 saturated carbocycles. The van der Waals surface area contributed by atoms with Crippen LogP contribution in [0.5, 0.6) is 0 Å². The maximum atomic E-state index is 12.4. The molecule has 1 aromatic rings. The van der Waals surface area contributed by atoms with Gasteiger partial charge in [0.25, 0.3) is 6.43 Å². The number of anilines is 1. The molecule has 0 radical (unpaired) electrons. The summed E-state index contributed by atoms with van der Waals surface area (Å²) in [5, 5.41) is 4.65. The Kier molecular flexibility index (Phi) is 5.19. The van der Waals surface area contributed by atoms with Crippen LogP contribution in [0, 0.1) is 0 Å². The molecule has 0 heterocycles. The molecule has 0 aliphatic heterocycles. The molecule has 0 aromatic heterocycles. The molecule has 1 rings (SSSR count). The highest BCUT2D eigenvalue weighted by Gasteiger charge is 2.09. The van der Waals surface area contributed by atoms with Gasteiger partial charge in [-0.05, 0) is 12.1 Å². The van der Waals surface area contributed by atoms with Crippen molar-refractivity contribution < 1.29 is 18.4 Å². The van der Waals surface area contributed by atoms with E-state index in [9.17, 15) is 18.4 Å². The molecule has 2 amide bonds. The van der Waals surface area contributed by atoms with Gasteiger partial charge in [0.1, 0.15) is 0 Å². The van der Waals surface area contributed by atoms with Crippen LogP contribution >= 0.6 is 0 Å². The van der Waals surface area contributed by atoms with Crippen molar-refractivity contribution in [2.24, 2.45) is 5.73 Å². The van der Waals surface area contributed by atoms with E-state index >= 15 is 0 Å². The van der Waals surface area contributed by atoms with Crippen LogP contribution in [-0.2, 0) is 9.59 Å². The summed E-state index contributed by atoms with van der Waals surface area (Å²) in [5.41, 5.74) is 5.11. The summed E-state index contributed by atoms with van der Waals surface area (Å²) in [5.74, 6) is -0.977. The molecule has 98 valence electrons. The molecule has 1 aromatic carbocycles. The largest absolute Gasteiger partial charge is 0.346 e. The number of hydrogen-bond donors (Lipinski definition) is 3. The Bertz CT molecular complexity index is 438. The predicted octanol–water partition coefficient (Wildman–Crippen LogP) is 0.638. The summed E-state index contributed by atoms with van der Waals surface area (Å²) < 4.78 is 24.8. The van der Waals surface area contributed by atoms with Crippen molar-refractivity contribution in [3.05, 3.63) is 29.8 Å². The van der Waals surface area contributed by atoms with Gasteiger partial charge in [-0.25, -0.2) is 8.78 Å². The topological polar surface area (TPSA) is 84.2 Å². The molecule has 0 spiro atoms. The molecule has 18 heavy (non-hydrogen) atoms. The first-order valence-corrected chi connectivity index (χ1v) is 5.17. The zero-order valence-electron chi connectivity index (χ0n) is 9.45. The summed E-state index contributed by atoms with van der Waals surface area (Å²) in [7, 11) is 0. The van der Waals surface area contributed by atoms with E-state index in [1.165, 1.54) is 24.3 Å². The zero-order valence-corrected chi connectivity index (χ0v) is 9.45. The number of rotatable bonds is 5. The van der Waals surface area contributed by atoms with Crippen LogP contribution in [0.15, 0.2) is 24.3 Å². The number of benzene rings is 1. The average Bonchev–Trinajstić information content (AvgIpc) is 2.36. The Labute approximate surface area is 102 Å². The first-order valence-electron chi connectivity index (χ1n) is 5.17. The lowest BCUT2D eigenvalue weighted by molar-refractivity contribution is -0.123. The standard InChI is InChI=1S/C11H13F2N3O2/c12-11(13)7-2-1-3-8(4-7)16-10(18)6-15-9(17)5-14/h1-4,11H,5-6,14H2,(H,15,17)(H,16,18). The van der Waals surface area contributed by atoms with Gasteiger partial charge in [0.15, 0.2) is 0 Å². The molecule has 0 aliphatic rings. The second kappa shape index (κ2) is 6.65. The quantitative estimate of drug-likeness (QED) is 0.723. The molecular weight excluding hydrogens is 244 g/mol.